The van der Waals surface area contributed by atoms with Gasteiger partial charge in [-0.3, -0.25) is 14.5 Å². The zero-order valence-electron chi connectivity index (χ0n) is 12.6. The van der Waals surface area contributed by atoms with E-state index in [1.807, 2.05) is 42.6 Å². The average Bonchev–Trinajstić information content (AvgIpc) is 2.98. The Morgan fingerprint density at radius 3 is 2.70 bits per heavy atom. The van der Waals surface area contributed by atoms with Crippen LogP contribution in [0.25, 0.3) is 10.9 Å². The molecular weight excluding hydrogens is 288 g/mol. The number of imide groups is 1. The maximum Gasteiger partial charge on any atom is 0.260 e. The van der Waals surface area contributed by atoms with E-state index in [4.69, 9.17) is 0 Å². The number of hydrogen-bond donors (Lipinski definition) is 1. The lowest BCUT2D eigenvalue weighted by Crippen LogP contribution is -2.43. The monoisotopic (exact) mass is 304 g/mol. The highest BCUT2D eigenvalue weighted by Gasteiger charge is 2.30. The summed E-state index contributed by atoms with van der Waals surface area (Å²) in [7, 11) is 0. The van der Waals surface area contributed by atoms with Gasteiger partial charge in [-0.15, -0.1) is 0 Å². The predicted octanol–water partition coefficient (Wildman–Crippen LogP) is 2.94. The molecule has 4 rings (SSSR count). The molecule has 0 fully saturated rings. The Bertz CT molecular complexity index is 910. The van der Waals surface area contributed by atoms with Gasteiger partial charge in [0.1, 0.15) is 0 Å². The lowest BCUT2D eigenvalue weighted by atomic mass is 9.98. The summed E-state index contributed by atoms with van der Waals surface area (Å²) in [5, 5.41) is 1.14. The van der Waals surface area contributed by atoms with Crippen LogP contribution in [0.1, 0.15) is 21.5 Å². The van der Waals surface area contributed by atoms with Crippen molar-refractivity contribution >= 4 is 22.7 Å². The van der Waals surface area contributed by atoms with Gasteiger partial charge in [-0.25, -0.2) is 0 Å². The van der Waals surface area contributed by atoms with Crippen LogP contribution in [0.3, 0.4) is 0 Å². The fraction of sp³-hybridized carbons (Fsp3) is 0.158. The molecule has 0 saturated carbocycles. The van der Waals surface area contributed by atoms with Crippen molar-refractivity contribution in [3.63, 3.8) is 0 Å². The molecule has 1 aliphatic rings. The lowest BCUT2D eigenvalue weighted by Gasteiger charge is -2.26. The van der Waals surface area contributed by atoms with Gasteiger partial charge in [0.15, 0.2) is 0 Å². The molecule has 3 aromatic rings. The molecule has 0 unspecified atom stereocenters. The number of aromatic amines is 1. The molecule has 0 saturated heterocycles. The van der Waals surface area contributed by atoms with Crippen molar-refractivity contribution < 1.29 is 9.59 Å². The fourth-order valence-electron chi connectivity index (χ4n) is 3.20. The zero-order valence-corrected chi connectivity index (χ0v) is 12.6. The number of carbonyl (C=O) groups is 2. The number of amides is 2. The number of nitrogens with one attached hydrogen (secondary N) is 1. The maximum atomic E-state index is 12.5. The van der Waals surface area contributed by atoms with E-state index < -0.39 is 0 Å². The number of hydrogen-bond acceptors (Lipinski definition) is 2. The molecule has 0 spiro atoms. The van der Waals surface area contributed by atoms with Crippen LogP contribution in [-0.2, 0) is 17.6 Å². The summed E-state index contributed by atoms with van der Waals surface area (Å²) >= 11 is 0. The third kappa shape index (κ3) is 2.32. The molecular formula is C19H16N2O2. The van der Waals surface area contributed by atoms with Gasteiger partial charge in [-0.1, -0.05) is 36.4 Å². The minimum Gasteiger partial charge on any atom is -0.361 e. The van der Waals surface area contributed by atoms with Crippen LogP contribution in [0.15, 0.2) is 54.7 Å². The molecule has 4 heteroatoms. The number of aromatic nitrogens is 1. The number of carbonyl (C=O) groups excluding carboxylic acids is 2. The quantitative estimate of drug-likeness (QED) is 0.756. The third-order valence-electron chi connectivity index (χ3n) is 4.42. The van der Waals surface area contributed by atoms with Crippen molar-refractivity contribution in [2.24, 2.45) is 0 Å². The average molecular weight is 304 g/mol. The van der Waals surface area contributed by atoms with Crippen LogP contribution in [0, 0.1) is 0 Å². The molecule has 0 radical (unpaired) electrons. The van der Waals surface area contributed by atoms with E-state index in [1.54, 1.807) is 6.07 Å². The maximum absolute atomic E-state index is 12.5. The second kappa shape index (κ2) is 5.39. The Morgan fingerprint density at radius 1 is 1.00 bits per heavy atom. The normalized spacial score (nSPS) is 14.3. The molecule has 2 aromatic carbocycles. The van der Waals surface area contributed by atoms with Crippen LogP contribution in [0.2, 0.25) is 0 Å². The largest absolute Gasteiger partial charge is 0.361 e. The lowest BCUT2D eigenvalue weighted by molar-refractivity contribution is -0.128. The van der Waals surface area contributed by atoms with Gasteiger partial charge in [0, 0.05) is 29.2 Å². The number of H-pyrrole nitrogens is 1. The van der Waals surface area contributed by atoms with Gasteiger partial charge in [0.25, 0.3) is 5.91 Å². The summed E-state index contributed by atoms with van der Waals surface area (Å²) in [6.45, 7) is 0.411. The summed E-state index contributed by atoms with van der Waals surface area (Å²) in [5.74, 6) is -0.301. The zero-order chi connectivity index (χ0) is 15.8. The van der Waals surface area contributed by atoms with Crippen molar-refractivity contribution in [1.82, 2.24) is 9.88 Å². The Balaban J connectivity index is 1.57. The topological polar surface area (TPSA) is 53.2 Å². The third-order valence-corrected chi connectivity index (χ3v) is 4.42. The molecule has 114 valence electrons. The number of para-hydroxylation sites is 1. The smallest absolute Gasteiger partial charge is 0.260 e. The standard InChI is InChI=1S/C19H16N2O2/c22-18-11-13-5-1-2-7-16(13)19(23)21(18)10-9-14-12-20-17-8-4-3-6-15(14)17/h1-8,12,20H,9-11H2. The predicted molar refractivity (Wildman–Crippen MR) is 88.2 cm³/mol. The van der Waals surface area contributed by atoms with Crippen LogP contribution < -0.4 is 0 Å². The van der Waals surface area contributed by atoms with E-state index in [-0.39, 0.29) is 11.8 Å². The van der Waals surface area contributed by atoms with Gasteiger partial charge >= 0.3 is 0 Å². The Hall–Kier alpha value is -2.88. The molecule has 0 aliphatic carbocycles. The highest BCUT2D eigenvalue weighted by molar-refractivity contribution is 6.09. The highest BCUT2D eigenvalue weighted by Crippen LogP contribution is 2.22. The van der Waals surface area contributed by atoms with Gasteiger partial charge < -0.3 is 4.98 Å². The number of nitrogens with zero attached hydrogens (tertiary/aromatic N) is 1. The summed E-state index contributed by atoms with van der Waals surface area (Å²) in [4.78, 5) is 29.4. The first kappa shape index (κ1) is 13.8. The summed E-state index contributed by atoms with van der Waals surface area (Å²) in [6, 6.07) is 15.4. The van der Waals surface area contributed by atoms with E-state index in [9.17, 15) is 9.59 Å². The first-order valence-corrected chi connectivity index (χ1v) is 7.71. The fourth-order valence-corrected chi connectivity index (χ4v) is 3.20. The summed E-state index contributed by atoms with van der Waals surface area (Å²) in [6.07, 6.45) is 2.91. The van der Waals surface area contributed by atoms with Gasteiger partial charge in [0.2, 0.25) is 5.91 Å². The van der Waals surface area contributed by atoms with Gasteiger partial charge in [-0.05, 0) is 29.7 Å². The molecule has 4 nitrogen and oxygen atoms in total. The van der Waals surface area contributed by atoms with E-state index in [0.29, 0.717) is 24.9 Å². The molecule has 0 atom stereocenters. The molecule has 2 amide bonds. The van der Waals surface area contributed by atoms with Gasteiger partial charge in [0.05, 0.1) is 6.42 Å². The molecule has 0 bridgehead atoms. The van der Waals surface area contributed by atoms with Crippen molar-refractivity contribution in [3.05, 3.63) is 71.4 Å². The Kier molecular flexibility index (Phi) is 3.23. The Labute approximate surface area is 133 Å². The summed E-state index contributed by atoms with van der Waals surface area (Å²) in [5.41, 5.74) is 3.67. The van der Waals surface area contributed by atoms with E-state index in [1.165, 1.54) is 4.90 Å². The van der Waals surface area contributed by atoms with Crippen LogP contribution in [-0.4, -0.2) is 28.2 Å². The molecule has 2 heterocycles. The van der Waals surface area contributed by atoms with Crippen molar-refractivity contribution in [1.29, 1.82) is 0 Å². The first-order valence-electron chi connectivity index (χ1n) is 7.71. The number of fused-ring (bicyclic) bond motifs is 2. The van der Waals surface area contributed by atoms with Crippen LogP contribution in [0.4, 0.5) is 0 Å². The number of benzene rings is 2. The second-order valence-electron chi connectivity index (χ2n) is 5.79. The minimum atomic E-state index is -0.184. The highest BCUT2D eigenvalue weighted by atomic mass is 16.2. The first-order chi connectivity index (χ1) is 11.2. The number of rotatable bonds is 3. The second-order valence-corrected chi connectivity index (χ2v) is 5.79. The van der Waals surface area contributed by atoms with E-state index in [2.05, 4.69) is 11.1 Å². The molecule has 23 heavy (non-hydrogen) atoms. The van der Waals surface area contributed by atoms with E-state index in [0.717, 1.165) is 22.0 Å². The minimum absolute atomic E-state index is 0.117. The van der Waals surface area contributed by atoms with Crippen molar-refractivity contribution in [3.8, 4) is 0 Å². The van der Waals surface area contributed by atoms with Crippen LogP contribution in [0.5, 0.6) is 0 Å². The van der Waals surface area contributed by atoms with Crippen molar-refractivity contribution in [2.75, 3.05) is 6.54 Å². The molecule has 1 aliphatic heterocycles. The van der Waals surface area contributed by atoms with Crippen molar-refractivity contribution in [2.45, 2.75) is 12.8 Å². The SMILES string of the molecule is O=C1Cc2ccccc2C(=O)N1CCc1c[nH]c2ccccc12. The van der Waals surface area contributed by atoms with E-state index >= 15 is 0 Å². The molecule has 1 aromatic heterocycles. The Morgan fingerprint density at radius 2 is 1.78 bits per heavy atom. The molecule has 1 N–H and O–H groups in total. The summed E-state index contributed by atoms with van der Waals surface area (Å²) < 4.78 is 0. The van der Waals surface area contributed by atoms with Gasteiger partial charge in [-0.2, -0.15) is 0 Å². The van der Waals surface area contributed by atoms with Crippen LogP contribution >= 0.6 is 0 Å².